The fourth-order valence-corrected chi connectivity index (χ4v) is 4.11. The highest BCUT2D eigenvalue weighted by Crippen LogP contribution is 2.39. The lowest BCUT2D eigenvalue weighted by atomic mass is 9.96. The third-order valence-corrected chi connectivity index (χ3v) is 5.33. The van der Waals surface area contributed by atoms with Gasteiger partial charge in [0.25, 0.3) is 0 Å². The number of rotatable bonds is 6. The molecule has 5 nitrogen and oxygen atoms in total. The zero-order valence-corrected chi connectivity index (χ0v) is 14.9. The predicted octanol–water partition coefficient (Wildman–Crippen LogP) is 3.63. The summed E-state index contributed by atoms with van der Waals surface area (Å²) in [6.45, 7) is 0.169. The molecule has 1 aromatic carbocycles. The van der Waals surface area contributed by atoms with Crippen molar-refractivity contribution in [2.24, 2.45) is 4.99 Å². The van der Waals surface area contributed by atoms with Crippen LogP contribution in [0.3, 0.4) is 0 Å². The Morgan fingerprint density at radius 1 is 1.32 bits per heavy atom. The van der Waals surface area contributed by atoms with Crippen LogP contribution >= 0.6 is 11.3 Å². The first kappa shape index (κ1) is 17.5. The van der Waals surface area contributed by atoms with Crippen LogP contribution in [-0.2, 0) is 12.8 Å². The Balaban J connectivity index is 1.85. The van der Waals surface area contributed by atoms with E-state index in [9.17, 15) is 5.26 Å². The molecule has 6 heteroatoms. The number of hydrogen-bond donors (Lipinski definition) is 1. The van der Waals surface area contributed by atoms with Crippen molar-refractivity contribution in [2.45, 2.75) is 25.7 Å². The van der Waals surface area contributed by atoms with E-state index in [0.29, 0.717) is 11.5 Å². The molecule has 0 fully saturated rings. The summed E-state index contributed by atoms with van der Waals surface area (Å²) in [5.41, 5.74) is 2.78. The number of aliphatic imine (C=N–C) groups is 1. The molecule has 2 aromatic rings. The van der Waals surface area contributed by atoms with Crippen molar-refractivity contribution < 1.29 is 14.6 Å². The first-order valence-electron chi connectivity index (χ1n) is 8.27. The van der Waals surface area contributed by atoms with Crippen molar-refractivity contribution in [2.75, 3.05) is 20.3 Å². The molecule has 1 aromatic heterocycles. The summed E-state index contributed by atoms with van der Waals surface area (Å²) < 4.78 is 10.8. The number of fused-ring (bicyclic) bond motifs is 1. The van der Waals surface area contributed by atoms with Gasteiger partial charge >= 0.3 is 0 Å². The number of benzene rings is 1. The fourth-order valence-electron chi connectivity index (χ4n) is 2.93. The summed E-state index contributed by atoms with van der Waals surface area (Å²) >= 11 is 1.63. The summed E-state index contributed by atoms with van der Waals surface area (Å²) in [4.78, 5) is 5.86. The molecule has 0 unspecified atom stereocenters. The molecule has 130 valence electrons. The van der Waals surface area contributed by atoms with Crippen molar-refractivity contribution in [3.8, 4) is 17.6 Å². The van der Waals surface area contributed by atoms with Gasteiger partial charge in [-0.1, -0.05) is 0 Å². The number of aliphatic hydroxyl groups excluding tert-OH is 1. The van der Waals surface area contributed by atoms with E-state index in [4.69, 9.17) is 14.6 Å². The average molecular weight is 356 g/mol. The fraction of sp³-hybridized carbons (Fsp3) is 0.368. The smallest absolute Gasteiger partial charge is 0.161 e. The Bertz CT molecular complexity index is 821. The molecule has 0 bridgehead atoms. The maximum Gasteiger partial charge on any atom is 0.161 e. The number of nitrogens with zero attached hydrogens (tertiary/aromatic N) is 2. The minimum absolute atomic E-state index is 0.0493. The molecule has 1 aliphatic carbocycles. The van der Waals surface area contributed by atoms with Crippen molar-refractivity contribution in [3.05, 3.63) is 39.8 Å². The van der Waals surface area contributed by atoms with Gasteiger partial charge in [0.2, 0.25) is 0 Å². The van der Waals surface area contributed by atoms with Crippen molar-refractivity contribution in [1.82, 2.24) is 0 Å². The van der Waals surface area contributed by atoms with E-state index in [1.165, 1.54) is 16.9 Å². The van der Waals surface area contributed by atoms with Gasteiger partial charge in [-0.3, -0.25) is 0 Å². The molecule has 0 spiro atoms. The summed E-state index contributed by atoms with van der Waals surface area (Å²) in [7, 11) is 1.57. The van der Waals surface area contributed by atoms with Gasteiger partial charge in [0.1, 0.15) is 17.7 Å². The minimum Gasteiger partial charge on any atom is -0.493 e. The highest BCUT2D eigenvalue weighted by Gasteiger charge is 2.20. The predicted molar refractivity (Wildman–Crippen MR) is 98.5 cm³/mol. The lowest BCUT2D eigenvalue weighted by molar-refractivity contribution is 0.196. The Morgan fingerprint density at radius 2 is 2.16 bits per heavy atom. The molecule has 0 saturated heterocycles. The maximum absolute atomic E-state index is 9.49. The van der Waals surface area contributed by atoms with Gasteiger partial charge in [-0.2, -0.15) is 5.26 Å². The molecular formula is C19H20N2O3S. The Kier molecular flexibility index (Phi) is 5.69. The second kappa shape index (κ2) is 8.15. The SMILES string of the molecule is COc1cc(C=Nc2sc3c(c2C#N)CCCC3)ccc1OCCO. The molecule has 0 radical (unpaired) electrons. The number of ether oxygens (including phenoxy) is 2. The molecule has 3 rings (SSSR count). The number of aliphatic hydroxyl groups is 1. The second-order valence-corrected chi connectivity index (χ2v) is 6.83. The standard InChI is InChI=1S/C19H20N2O3S/c1-23-17-10-13(6-7-16(17)24-9-8-22)12-21-19-15(11-20)14-4-2-3-5-18(14)25-19/h6-7,10,12,22H,2-5,8-9H2,1H3. The average Bonchev–Trinajstić information content (AvgIpc) is 3.02. The highest BCUT2D eigenvalue weighted by atomic mass is 32.1. The summed E-state index contributed by atoms with van der Waals surface area (Å²) in [5, 5.41) is 19.1. The molecule has 0 saturated carbocycles. The van der Waals surface area contributed by atoms with Crippen LogP contribution in [0.15, 0.2) is 23.2 Å². The number of aryl methyl sites for hydroxylation is 1. The van der Waals surface area contributed by atoms with Crippen LogP contribution in [0.4, 0.5) is 5.00 Å². The Morgan fingerprint density at radius 3 is 2.92 bits per heavy atom. The summed E-state index contributed by atoms with van der Waals surface area (Å²) in [5.74, 6) is 1.17. The molecular weight excluding hydrogens is 336 g/mol. The molecule has 1 aliphatic rings. The second-order valence-electron chi connectivity index (χ2n) is 5.74. The van der Waals surface area contributed by atoms with Crippen LogP contribution < -0.4 is 9.47 Å². The third-order valence-electron chi connectivity index (χ3n) is 4.13. The zero-order valence-electron chi connectivity index (χ0n) is 14.1. The van der Waals surface area contributed by atoms with Crippen molar-refractivity contribution >= 4 is 22.6 Å². The van der Waals surface area contributed by atoms with E-state index >= 15 is 0 Å². The van der Waals surface area contributed by atoms with E-state index < -0.39 is 0 Å². The van der Waals surface area contributed by atoms with Gasteiger partial charge in [-0.25, -0.2) is 4.99 Å². The Labute approximate surface area is 151 Å². The van der Waals surface area contributed by atoms with E-state index in [0.717, 1.165) is 35.4 Å². The van der Waals surface area contributed by atoms with E-state index in [1.807, 2.05) is 12.1 Å². The van der Waals surface area contributed by atoms with E-state index in [-0.39, 0.29) is 13.2 Å². The van der Waals surface area contributed by atoms with Crippen molar-refractivity contribution in [1.29, 1.82) is 5.26 Å². The third kappa shape index (κ3) is 3.84. The number of thiophene rings is 1. The molecule has 1 heterocycles. The maximum atomic E-state index is 9.49. The first-order valence-corrected chi connectivity index (χ1v) is 9.09. The van der Waals surface area contributed by atoms with Crippen LogP contribution in [-0.4, -0.2) is 31.6 Å². The Hall–Kier alpha value is -2.36. The van der Waals surface area contributed by atoms with Crippen LogP contribution in [0, 0.1) is 11.3 Å². The van der Waals surface area contributed by atoms with Crippen molar-refractivity contribution in [3.63, 3.8) is 0 Å². The van der Waals surface area contributed by atoms with Gasteiger partial charge in [-0.05, 0) is 55.0 Å². The molecule has 0 atom stereocenters. The highest BCUT2D eigenvalue weighted by molar-refractivity contribution is 7.16. The number of methoxy groups -OCH3 is 1. The molecule has 0 aliphatic heterocycles. The molecule has 1 N–H and O–H groups in total. The van der Waals surface area contributed by atoms with Gasteiger partial charge in [0.05, 0.1) is 19.3 Å². The quantitative estimate of drug-likeness (QED) is 0.802. The lowest BCUT2D eigenvalue weighted by Gasteiger charge is -2.10. The zero-order chi connectivity index (χ0) is 17.6. The summed E-state index contributed by atoms with van der Waals surface area (Å²) in [6.07, 6.45) is 6.11. The van der Waals surface area contributed by atoms with Gasteiger partial charge in [0, 0.05) is 11.1 Å². The topological polar surface area (TPSA) is 74.8 Å². The molecule has 0 amide bonds. The van der Waals surface area contributed by atoms with Gasteiger partial charge < -0.3 is 14.6 Å². The van der Waals surface area contributed by atoms with Crippen LogP contribution in [0.1, 0.15) is 34.4 Å². The molecule has 25 heavy (non-hydrogen) atoms. The monoisotopic (exact) mass is 356 g/mol. The van der Waals surface area contributed by atoms with Gasteiger partial charge in [-0.15, -0.1) is 11.3 Å². The number of hydrogen-bond acceptors (Lipinski definition) is 6. The van der Waals surface area contributed by atoms with Gasteiger partial charge in [0.15, 0.2) is 11.5 Å². The summed E-state index contributed by atoms with van der Waals surface area (Å²) in [6, 6.07) is 7.82. The number of nitriles is 1. The minimum atomic E-state index is -0.0493. The first-order chi connectivity index (χ1) is 12.3. The largest absolute Gasteiger partial charge is 0.493 e. The van der Waals surface area contributed by atoms with Crippen LogP contribution in [0.2, 0.25) is 0 Å². The van der Waals surface area contributed by atoms with Crippen LogP contribution in [0.25, 0.3) is 0 Å². The van der Waals surface area contributed by atoms with E-state index in [2.05, 4.69) is 11.1 Å². The van der Waals surface area contributed by atoms with Crippen LogP contribution in [0.5, 0.6) is 11.5 Å². The normalized spacial score (nSPS) is 13.5. The van der Waals surface area contributed by atoms with E-state index in [1.54, 1.807) is 30.7 Å². The lowest BCUT2D eigenvalue weighted by Crippen LogP contribution is -2.03.